The number of nitrogens with zero attached hydrogens (tertiary/aromatic N) is 1. The van der Waals surface area contributed by atoms with Crippen LogP contribution >= 0.6 is 15.9 Å². The standard InChI is InChI=1S/C18H15BrN2O3/c19-14-7-6-12-8-9-21(15(12)10-14)11-16(22)20-17(18(23)24)13-4-2-1-3-5-13/h1-10,17H,11H2,(H,20,22)(H,23,24)/t17-/m1/s1. The monoisotopic (exact) mass is 386 g/mol. The highest BCUT2D eigenvalue weighted by atomic mass is 79.9. The molecule has 0 unspecified atom stereocenters. The quantitative estimate of drug-likeness (QED) is 0.706. The summed E-state index contributed by atoms with van der Waals surface area (Å²) in [5.74, 6) is -1.45. The Morgan fingerprint density at radius 1 is 1.12 bits per heavy atom. The molecule has 3 aromatic rings. The fraction of sp³-hybridized carbons (Fsp3) is 0.111. The van der Waals surface area contributed by atoms with Gasteiger partial charge in [-0.15, -0.1) is 0 Å². The normalized spacial score (nSPS) is 12.0. The molecule has 1 heterocycles. The van der Waals surface area contributed by atoms with Gasteiger partial charge < -0.3 is 15.0 Å². The summed E-state index contributed by atoms with van der Waals surface area (Å²) >= 11 is 3.42. The lowest BCUT2D eigenvalue weighted by Gasteiger charge is -2.15. The number of nitrogens with one attached hydrogen (secondary N) is 1. The second-order valence-corrected chi connectivity index (χ2v) is 6.31. The highest BCUT2D eigenvalue weighted by Gasteiger charge is 2.22. The third-order valence-corrected chi connectivity index (χ3v) is 4.23. The van der Waals surface area contributed by atoms with Crippen LogP contribution in [-0.2, 0) is 16.1 Å². The second-order valence-electron chi connectivity index (χ2n) is 5.40. The zero-order valence-electron chi connectivity index (χ0n) is 12.6. The van der Waals surface area contributed by atoms with E-state index in [-0.39, 0.29) is 12.5 Å². The van der Waals surface area contributed by atoms with E-state index in [1.807, 2.05) is 30.5 Å². The summed E-state index contributed by atoms with van der Waals surface area (Å²) in [5, 5.41) is 13.0. The first-order valence-corrected chi connectivity index (χ1v) is 8.15. The van der Waals surface area contributed by atoms with E-state index in [1.165, 1.54) is 0 Å². The van der Waals surface area contributed by atoms with Crippen LogP contribution < -0.4 is 5.32 Å². The molecule has 0 bridgehead atoms. The molecule has 122 valence electrons. The maximum atomic E-state index is 12.3. The van der Waals surface area contributed by atoms with Crippen molar-refractivity contribution in [2.75, 3.05) is 0 Å². The number of rotatable bonds is 5. The first kappa shape index (κ1) is 16.3. The number of benzene rings is 2. The lowest BCUT2D eigenvalue weighted by atomic mass is 10.1. The van der Waals surface area contributed by atoms with Crippen molar-refractivity contribution in [2.45, 2.75) is 12.6 Å². The summed E-state index contributed by atoms with van der Waals surface area (Å²) in [4.78, 5) is 23.8. The Kier molecular flexibility index (Phi) is 4.66. The number of aliphatic carboxylic acids is 1. The molecule has 6 heteroatoms. The van der Waals surface area contributed by atoms with Gasteiger partial charge >= 0.3 is 5.97 Å². The lowest BCUT2D eigenvalue weighted by molar-refractivity contribution is -0.142. The van der Waals surface area contributed by atoms with Crippen molar-refractivity contribution in [3.8, 4) is 0 Å². The van der Waals surface area contributed by atoms with Crippen LogP contribution in [0.25, 0.3) is 10.9 Å². The number of carboxylic acid groups (broad SMARTS) is 1. The van der Waals surface area contributed by atoms with Gasteiger partial charge in [-0.25, -0.2) is 4.79 Å². The van der Waals surface area contributed by atoms with Gasteiger partial charge in [-0.2, -0.15) is 0 Å². The van der Waals surface area contributed by atoms with E-state index < -0.39 is 12.0 Å². The minimum Gasteiger partial charge on any atom is -0.479 e. The molecule has 2 aromatic carbocycles. The molecule has 0 spiro atoms. The Morgan fingerprint density at radius 2 is 1.88 bits per heavy atom. The van der Waals surface area contributed by atoms with Gasteiger partial charge in [0.1, 0.15) is 6.54 Å². The minimum atomic E-state index is -1.09. The smallest absolute Gasteiger partial charge is 0.330 e. The first-order chi connectivity index (χ1) is 11.5. The Morgan fingerprint density at radius 3 is 2.58 bits per heavy atom. The van der Waals surface area contributed by atoms with Crippen LogP contribution in [0.15, 0.2) is 65.3 Å². The van der Waals surface area contributed by atoms with Crippen LogP contribution in [0.1, 0.15) is 11.6 Å². The number of carbonyl (C=O) groups excluding carboxylic acids is 1. The number of fused-ring (bicyclic) bond motifs is 1. The summed E-state index contributed by atoms with van der Waals surface area (Å²) in [6, 6.07) is 15.3. The van der Waals surface area contributed by atoms with E-state index in [0.29, 0.717) is 5.56 Å². The van der Waals surface area contributed by atoms with Crippen molar-refractivity contribution in [1.29, 1.82) is 0 Å². The highest BCUT2D eigenvalue weighted by Crippen LogP contribution is 2.21. The van der Waals surface area contributed by atoms with E-state index in [2.05, 4.69) is 21.2 Å². The van der Waals surface area contributed by atoms with Crippen LogP contribution in [0.3, 0.4) is 0 Å². The van der Waals surface area contributed by atoms with Gasteiger partial charge in [0, 0.05) is 16.2 Å². The van der Waals surface area contributed by atoms with Crippen molar-refractivity contribution >= 4 is 38.7 Å². The molecule has 0 radical (unpaired) electrons. The first-order valence-electron chi connectivity index (χ1n) is 7.36. The fourth-order valence-corrected chi connectivity index (χ4v) is 2.94. The van der Waals surface area contributed by atoms with Crippen molar-refractivity contribution in [3.63, 3.8) is 0 Å². The summed E-state index contributed by atoms with van der Waals surface area (Å²) < 4.78 is 2.71. The third kappa shape index (κ3) is 3.49. The van der Waals surface area contributed by atoms with E-state index in [9.17, 15) is 14.7 Å². The number of aromatic nitrogens is 1. The predicted octanol–water partition coefficient (Wildman–Crippen LogP) is 3.35. The molecule has 5 nitrogen and oxygen atoms in total. The second kappa shape index (κ2) is 6.88. The van der Waals surface area contributed by atoms with Gasteiger partial charge in [0.25, 0.3) is 0 Å². The summed E-state index contributed by atoms with van der Waals surface area (Å²) in [6.45, 7) is 0.0521. The van der Waals surface area contributed by atoms with Crippen LogP contribution in [0.2, 0.25) is 0 Å². The summed E-state index contributed by atoms with van der Waals surface area (Å²) in [5.41, 5.74) is 1.45. The maximum absolute atomic E-state index is 12.3. The van der Waals surface area contributed by atoms with Crippen LogP contribution in [0, 0.1) is 0 Å². The van der Waals surface area contributed by atoms with Crippen LogP contribution in [0.4, 0.5) is 0 Å². The summed E-state index contributed by atoms with van der Waals surface area (Å²) in [6.07, 6.45) is 1.81. The number of carbonyl (C=O) groups is 2. The topological polar surface area (TPSA) is 71.3 Å². The van der Waals surface area contributed by atoms with Crippen LogP contribution in [-0.4, -0.2) is 21.6 Å². The van der Waals surface area contributed by atoms with E-state index in [0.717, 1.165) is 15.4 Å². The zero-order valence-corrected chi connectivity index (χ0v) is 14.2. The highest BCUT2D eigenvalue weighted by molar-refractivity contribution is 9.10. The molecule has 0 saturated heterocycles. The fourth-order valence-electron chi connectivity index (χ4n) is 2.59. The largest absolute Gasteiger partial charge is 0.479 e. The van der Waals surface area contributed by atoms with Crippen molar-refractivity contribution in [2.24, 2.45) is 0 Å². The Hall–Kier alpha value is -2.60. The third-order valence-electron chi connectivity index (χ3n) is 3.74. The van der Waals surface area contributed by atoms with Gasteiger partial charge in [-0.3, -0.25) is 4.79 Å². The molecular formula is C18H15BrN2O3. The lowest BCUT2D eigenvalue weighted by Crippen LogP contribution is -2.35. The van der Waals surface area contributed by atoms with Gasteiger partial charge in [0.15, 0.2) is 6.04 Å². The molecule has 1 amide bonds. The predicted molar refractivity (Wildman–Crippen MR) is 94.6 cm³/mol. The van der Waals surface area contributed by atoms with Gasteiger partial charge in [-0.05, 0) is 29.1 Å². The van der Waals surface area contributed by atoms with E-state index in [4.69, 9.17) is 0 Å². The van der Waals surface area contributed by atoms with Crippen molar-refractivity contribution in [3.05, 3.63) is 70.8 Å². The minimum absolute atomic E-state index is 0.0521. The molecule has 24 heavy (non-hydrogen) atoms. The molecule has 1 aromatic heterocycles. The molecule has 0 aliphatic carbocycles. The Labute approximate surface area is 147 Å². The molecule has 2 N–H and O–H groups in total. The Bertz CT molecular complexity index is 890. The maximum Gasteiger partial charge on any atom is 0.330 e. The molecule has 0 aliphatic rings. The van der Waals surface area contributed by atoms with Gasteiger partial charge in [0.2, 0.25) is 5.91 Å². The van der Waals surface area contributed by atoms with E-state index >= 15 is 0 Å². The number of carboxylic acids is 1. The Balaban J connectivity index is 1.78. The zero-order chi connectivity index (χ0) is 17.1. The van der Waals surface area contributed by atoms with E-state index in [1.54, 1.807) is 34.9 Å². The number of amides is 1. The van der Waals surface area contributed by atoms with Crippen molar-refractivity contribution in [1.82, 2.24) is 9.88 Å². The number of hydrogen-bond acceptors (Lipinski definition) is 2. The molecule has 0 saturated carbocycles. The number of halogens is 1. The SMILES string of the molecule is O=C(Cn1ccc2ccc(Br)cc21)N[C@@H](C(=O)O)c1ccccc1. The van der Waals surface area contributed by atoms with Gasteiger partial charge in [0.05, 0.1) is 0 Å². The molecule has 1 atom stereocenters. The molecule has 3 rings (SSSR count). The van der Waals surface area contributed by atoms with Crippen molar-refractivity contribution < 1.29 is 14.7 Å². The summed E-state index contributed by atoms with van der Waals surface area (Å²) in [7, 11) is 0. The molecular weight excluding hydrogens is 372 g/mol. The average Bonchev–Trinajstić information content (AvgIpc) is 2.95. The molecule has 0 fully saturated rings. The number of hydrogen-bond donors (Lipinski definition) is 2. The molecule has 0 aliphatic heterocycles. The average molecular weight is 387 g/mol. The van der Waals surface area contributed by atoms with Crippen LogP contribution in [0.5, 0.6) is 0 Å². The van der Waals surface area contributed by atoms with Gasteiger partial charge in [-0.1, -0.05) is 52.3 Å².